The summed E-state index contributed by atoms with van der Waals surface area (Å²) >= 11 is 0. The van der Waals surface area contributed by atoms with Crippen LogP contribution in [0.1, 0.15) is 46.0 Å². The summed E-state index contributed by atoms with van der Waals surface area (Å²) in [5.74, 6) is -1.14. The Morgan fingerprint density at radius 2 is 1.86 bits per heavy atom. The Balaban J connectivity index is 0.00000499. The summed E-state index contributed by atoms with van der Waals surface area (Å²) in [4.78, 5) is 44.8. The minimum Gasteiger partial charge on any atom is -0.461 e. The Hall–Kier alpha value is -5.23. The molecule has 4 aromatic rings. The molecule has 2 aromatic carbocycles. The summed E-state index contributed by atoms with van der Waals surface area (Å²) in [5.41, 5.74) is -1.70. The molecule has 4 saturated heterocycles. The lowest BCUT2D eigenvalue weighted by Crippen LogP contribution is -2.60. The van der Waals surface area contributed by atoms with E-state index < -0.39 is 54.0 Å². The molecule has 8 heterocycles. The average molecular weight is 826 g/mol. The zero-order chi connectivity index (χ0) is 40.9. The van der Waals surface area contributed by atoms with Crippen LogP contribution in [0.25, 0.3) is 32.9 Å². The van der Waals surface area contributed by atoms with E-state index in [4.69, 9.17) is 28.7 Å². The molecule has 10 rings (SSSR count). The molecule has 316 valence electrons. The number of hydrogen-bond donors (Lipinski definition) is 1. The number of hydrogen-bond acceptors (Lipinski definition) is 12. The van der Waals surface area contributed by atoms with Crippen LogP contribution < -0.4 is 19.7 Å². The van der Waals surface area contributed by atoms with Crippen LogP contribution in [0.3, 0.4) is 0 Å². The number of halogens is 4. The lowest BCUT2D eigenvalue weighted by Gasteiger charge is -2.42. The third-order valence-corrected chi connectivity index (χ3v) is 12.1. The van der Waals surface area contributed by atoms with Crippen LogP contribution in [0, 0.1) is 11.6 Å². The number of anilines is 1. The van der Waals surface area contributed by atoms with E-state index >= 15 is 13.2 Å². The minimum absolute atomic E-state index is 0. The first kappa shape index (κ1) is 39.2. The number of benzene rings is 2. The molecule has 2 amide bonds. The number of alkyl carbamates (subject to hydrolysis) is 1. The fourth-order valence-electron chi connectivity index (χ4n) is 9.44. The molecule has 0 radical (unpaired) electrons. The Labute approximate surface area is 338 Å². The quantitative estimate of drug-likeness (QED) is 0.177. The number of aromatic nitrogens is 3. The number of alkyl halides is 2. The van der Waals surface area contributed by atoms with Crippen LogP contribution in [0.2, 0.25) is 0 Å². The minimum atomic E-state index is -1.42. The Morgan fingerprint density at radius 3 is 2.71 bits per heavy atom. The van der Waals surface area contributed by atoms with E-state index in [1.807, 2.05) is 0 Å². The summed E-state index contributed by atoms with van der Waals surface area (Å²) in [7, 11) is 0. The van der Waals surface area contributed by atoms with E-state index in [1.165, 1.54) is 29.3 Å². The normalized spacial score (nSPS) is 26.2. The van der Waals surface area contributed by atoms with E-state index in [0.717, 1.165) is 13.0 Å². The van der Waals surface area contributed by atoms with Gasteiger partial charge in [0, 0.05) is 52.2 Å². The van der Waals surface area contributed by atoms with E-state index in [9.17, 15) is 14.0 Å². The van der Waals surface area contributed by atoms with Gasteiger partial charge in [0.25, 0.3) is 0 Å². The second kappa shape index (κ2) is 15.7. The van der Waals surface area contributed by atoms with Crippen molar-refractivity contribution in [3.8, 4) is 23.0 Å². The predicted octanol–water partition coefficient (Wildman–Crippen LogP) is 6.11. The first-order valence-electron chi connectivity index (χ1n) is 20.1. The molecular formula is C41H47F4N7O7. The van der Waals surface area contributed by atoms with Crippen molar-refractivity contribution in [1.29, 1.82) is 0 Å². The molecule has 1 N–H and O–H groups in total. The molecule has 0 saturated carbocycles. The van der Waals surface area contributed by atoms with Crippen molar-refractivity contribution in [3.05, 3.63) is 47.7 Å². The Kier molecular flexibility index (Phi) is 10.5. The second-order valence-corrected chi connectivity index (χ2v) is 16.4. The molecule has 6 aliphatic heterocycles. The maximum atomic E-state index is 17.5. The maximum Gasteiger partial charge on any atom is 0.412 e. The van der Waals surface area contributed by atoms with Gasteiger partial charge in [-0.3, -0.25) is 9.88 Å². The third-order valence-electron chi connectivity index (χ3n) is 12.1. The summed E-state index contributed by atoms with van der Waals surface area (Å²) in [5, 5.41) is 3.77. The number of fused-ring (bicyclic) bond motifs is 7. The van der Waals surface area contributed by atoms with Gasteiger partial charge in [-0.1, -0.05) is 6.07 Å². The number of nitrogens with one attached hydrogen (secondary N) is 1. The largest absolute Gasteiger partial charge is 0.461 e. The zero-order valence-electron chi connectivity index (χ0n) is 32.6. The molecule has 4 atom stereocenters. The molecule has 2 aromatic heterocycles. The smallest absolute Gasteiger partial charge is 0.412 e. The van der Waals surface area contributed by atoms with Crippen LogP contribution in [-0.4, -0.2) is 133 Å². The fraction of sp³-hybridized carbons (Fsp3) is 0.537. The number of ether oxygens (including phenoxy) is 5. The molecule has 0 spiro atoms. The zero-order valence-corrected chi connectivity index (χ0v) is 32.6. The summed E-state index contributed by atoms with van der Waals surface area (Å²) < 4.78 is 92.1. The number of rotatable bonds is 6. The molecule has 14 nitrogen and oxygen atoms in total. The molecule has 18 heteroatoms. The number of piperidine rings is 1. The van der Waals surface area contributed by atoms with Crippen molar-refractivity contribution >= 4 is 39.7 Å². The number of aryl methyl sites for hydroxylation is 1. The van der Waals surface area contributed by atoms with Gasteiger partial charge >= 0.3 is 18.2 Å². The van der Waals surface area contributed by atoms with Crippen molar-refractivity contribution in [2.24, 2.45) is 0 Å². The van der Waals surface area contributed by atoms with Gasteiger partial charge in [-0.2, -0.15) is 9.97 Å². The van der Waals surface area contributed by atoms with Gasteiger partial charge in [-0.05, 0) is 73.7 Å². The highest BCUT2D eigenvalue weighted by atomic mass is 19.1. The Morgan fingerprint density at radius 1 is 1.03 bits per heavy atom. The number of carbonyl (C=O) groups is 2. The van der Waals surface area contributed by atoms with Crippen molar-refractivity contribution < 1.29 is 52.3 Å². The van der Waals surface area contributed by atoms with Gasteiger partial charge < -0.3 is 38.8 Å². The SMILES string of the molecule is C[C@@]12C[C@@H](F)CN(C1)c1nc(OC[C@@]34CCCN3C[C@H](F)C4)nc3c(F)c(ncc13)-c1cc(OCOC(=O)N3CCOCC3)cc3ccc(F)c(c13)CCCOC(=O)N2.[HH]. The lowest BCUT2D eigenvalue weighted by atomic mass is 9.90. The maximum absolute atomic E-state index is 17.5. The van der Waals surface area contributed by atoms with Gasteiger partial charge in [-0.25, -0.2) is 27.2 Å². The van der Waals surface area contributed by atoms with Gasteiger partial charge in [-0.15, -0.1) is 0 Å². The molecular weight excluding hydrogens is 778 g/mol. The number of carbonyl (C=O) groups excluding carboxylic acids is 2. The monoisotopic (exact) mass is 825 g/mol. The van der Waals surface area contributed by atoms with E-state index in [-0.39, 0.29) is 98.7 Å². The summed E-state index contributed by atoms with van der Waals surface area (Å²) in [6.07, 6.45) is -0.257. The number of morpholine rings is 1. The molecule has 6 bridgehead atoms. The molecule has 0 aliphatic carbocycles. The first-order valence-corrected chi connectivity index (χ1v) is 20.1. The van der Waals surface area contributed by atoms with E-state index in [2.05, 4.69) is 20.2 Å². The van der Waals surface area contributed by atoms with Crippen LogP contribution in [0.4, 0.5) is 33.0 Å². The standard InChI is InChI=1S/C41H45F4N7O7.H2/c1-40-16-25(42)19-51(21-40)36-30-18-46-34(33(45)35(30)47-37(48-36)57-22-41-7-3-8-52(41)20-26(43)17-41)29-15-27(58-23-59-39(54)50-9-12-55-13-10-50)14-24-5-6-31(44)28(32(24)29)4-2-11-56-38(53)49-40;/h5-6,14-15,18,25-26H,2-4,7-13,16-17,19-23H2,1H3,(H,49,53);1H/t25-,26-,40-,41+;/m1./s1. The van der Waals surface area contributed by atoms with Gasteiger partial charge in [0.15, 0.2) is 5.82 Å². The fourth-order valence-corrected chi connectivity index (χ4v) is 9.44. The molecule has 59 heavy (non-hydrogen) atoms. The predicted molar refractivity (Wildman–Crippen MR) is 208 cm³/mol. The number of nitrogens with zero attached hydrogens (tertiary/aromatic N) is 6. The van der Waals surface area contributed by atoms with Gasteiger partial charge in [0.1, 0.15) is 47.5 Å². The van der Waals surface area contributed by atoms with E-state index in [0.29, 0.717) is 50.0 Å². The van der Waals surface area contributed by atoms with Crippen LogP contribution >= 0.6 is 0 Å². The van der Waals surface area contributed by atoms with Crippen LogP contribution in [-0.2, 0) is 20.6 Å². The Bertz CT molecular complexity index is 2290. The molecule has 0 unspecified atom stereocenters. The summed E-state index contributed by atoms with van der Waals surface area (Å²) in [6, 6.07) is 5.74. The van der Waals surface area contributed by atoms with Crippen molar-refractivity contribution in [2.45, 2.75) is 68.9 Å². The van der Waals surface area contributed by atoms with E-state index in [1.54, 1.807) is 17.9 Å². The first-order chi connectivity index (χ1) is 28.5. The topological polar surface area (TPSA) is 141 Å². The van der Waals surface area contributed by atoms with Crippen LogP contribution in [0.5, 0.6) is 11.8 Å². The highest BCUT2D eigenvalue weighted by molar-refractivity contribution is 6.02. The lowest BCUT2D eigenvalue weighted by molar-refractivity contribution is 0.00158. The van der Waals surface area contributed by atoms with Crippen molar-refractivity contribution in [1.82, 2.24) is 30.1 Å². The second-order valence-electron chi connectivity index (χ2n) is 16.4. The van der Waals surface area contributed by atoms with Gasteiger partial charge in [0.05, 0.1) is 42.8 Å². The van der Waals surface area contributed by atoms with Crippen molar-refractivity contribution in [2.75, 3.05) is 77.4 Å². The molecule has 6 aliphatic rings. The highest BCUT2D eigenvalue weighted by Gasteiger charge is 2.49. The number of amides is 2. The van der Waals surface area contributed by atoms with Crippen molar-refractivity contribution in [3.63, 3.8) is 0 Å². The number of pyridine rings is 1. The average Bonchev–Trinajstić information content (AvgIpc) is 3.74. The molecule has 4 fully saturated rings. The van der Waals surface area contributed by atoms with Gasteiger partial charge in [0.2, 0.25) is 6.79 Å². The summed E-state index contributed by atoms with van der Waals surface area (Å²) in [6.45, 7) is 3.68. The highest BCUT2D eigenvalue weighted by Crippen LogP contribution is 2.42. The third kappa shape index (κ3) is 7.72. The van der Waals surface area contributed by atoms with Crippen LogP contribution in [0.15, 0.2) is 30.5 Å².